The van der Waals surface area contributed by atoms with Gasteiger partial charge < -0.3 is 5.32 Å². The third kappa shape index (κ3) is 2.86. The first kappa shape index (κ1) is 11.6. The Hall–Kier alpha value is -0.470. The molecule has 0 amide bonds. The van der Waals surface area contributed by atoms with E-state index in [0.29, 0.717) is 0 Å². The highest BCUT2D eigenvalue weighted by Crippen LogP contribution is 2.37. The second kappa shape index (κ2) is 5.45. The molecule has 1 aromatic rings. The van der Waals surface area contributed by atoms with E-state index >= 15 is 0 Å². The molecule has 0 radical (unpaired) electrons. The summed E-state index contributed by atoms with van der Waals surface area (Å²) in [5.41, 5.74) is 1.53. The van der Waals surface area contributed by atoms with Crippen molar-refractivity contribution in [2.75, 3.05) is 11.5 Å². The smallest absolute Gasteiger partial charge is 0.0161 e. The van der Waals surface area contributed by atoms with Gasteiger partial charge in [-0.2, -0.15) is 11.8 Å². The van der Waals surface area contributed by atoms with Crippen molar-refractivity contribution in [2.45, 2.75) is 43.7 Å². The van der Waals surface area contributed by atoms with Gasteiger partial charge in [-0.15, -0.1) is 0 Å². The van der Waals surface area contributed by atoms with Crippen LogP contribution in [-0.2, 0) is 0 Å². The monoisotopic (exact) mass is 247 g/mol. The van der Waals surface area contributed by atoms with E-state index in [1.165, 1.54) is 42.8 Å². The molecule has 1 N–H and O–H groups in total. The van der Waals surface area contributed by atoms with E-state index in [2.05, 4.69) is 47.4 Å². The van der Waals surface area contributed by atoms with Gasteiger partial charge in [0.2, 0.25) is 0 Å². The van der Waals surface area contributed by atoms with E-state index in [0.717, 1.165) is 18.0 Å². The number of hydrogen-bond donors (Lipinski definition) is 1. The van der Waals surface area contributed by atoms with E-state index in [4.69, 9.17) is 0 Å². The molecular weight excluding hydrogens is 226 g/mol. The zero-order valence-corrected chi connectivity index (χ0v) is 11.1. The molecule has 1 saturated heterocycles. The van der Waals surface area contributed by atoms with Crippen LogP contribution in [0.1, 0.15) is 37.2 Å². The minimum absolute atomic E-state index is 0.781. The van der Waals surface area contributed by atoms with Crippen molar-refractivity contribution in [3.8, 4) is 0 Å². The Balaban J connectivity index is 1.45. The summed E-state index contributed by atoms with van der Waals surface area (Å²) in [6, 6.07) is 12.5. The Labute approximate surface area is 108 Å². The lowest BCUT2D eigenvalue weighted by atomic mass is 9.75. The summed E-state index contributed by atoms with van der Waals surface area (Å²) in [4.78, 5) is 0. The average molecular weight is 247 g/mol. The standard InChI is InChI=1S/C15H21NS/c1-2-5-12(6-3-1)13-9-15(10-13)16-14-7-4-8-17-11-14/h1-3,5-6,13-16H,4,7-11H2. The van der Waals surface area contributed by atoms with Crippen LogP contribution in [0.2, 0.25) is 0 Å². The zero-order chi connectivity index (χ0) is 11.5. The predicted octanol–water partition coefficient (Wildman–Crippen LogP) is 3.42. The van der Waals surface area contributed by atoms with Gasteiger partial charge in [-0.25, -0.2) is 0 Å². The summed E-state index contributed by atoms with van der Waals surface area (Å²) in [5.74, 6) is 3.51. The van der Waals surface area contributed by atoms with Crippen LogP contribution < -0.4 is 5.32 Å². The summed E-state index contributed by atoms with van der Waals surface area (Å²) in [5, 5.41) is 3.83. The maximum absolute atomic E-state index is 3.83. The first-order valence-corrected chi connectivity index (χ1v) is 7.96. The Morgan fingerprint density at radius 3 is 2.59 bits per heavy atom. The van der Waals surface area contributed by atoms with Crippen LogP contribution in [0.15, 0.2) is 30.3 Å². The molecule has 1 unspecified atom stereocenters. The molecule has 0 spiro atoms. The van der Waals surface area contributed by atoms with Gasteiger partial charge in [-0.1, -0.05) is 30.3 Å². The van der Waals surface area contributed by atoms with Crippen LogP contribution in [0.3, 0.4) is 0 Å². The van der Waals surface area contributed by atoms with Crippen LogP contribution in [-0.4, -0.2) is 23.6 Å². The van der Waals surface area contributed by atoms with Crippen molar-refractivity contribution in [1.29, 1.82) is 0 Å². The predicted molar refractivity (Wildman–Crippen MR) is 75.7 cm³/mol. The number of hydrogen-bond acceptors (Lipinski definition) is 2. The molecular formula is C15H21NS. The first-order valence-electron chi connectivity index (χ1n) is 6.80. The summed E-state index contributed by atoms with van der Waals surface area (Å²) < 4.78 is 0. The highest BCUT2D eigenvalue weighted by Gasteiger charge is 2.31. The van der Waals surface area contributed by atoms with Crippen molar-refractivity contribution < 1.29 is 0 Å². The third-order valence-electron chi connectivity index (χ3n) is 4.04. The first-order chi connectivity index (χ1) is 8.42. The van der Waals surface area contributed by atoms with Gasteiger partial charge in [0, 0.05) is 17.8 Å². The van der Waals surface area contributed by atoms with Gasteiger partial charge in [0.1, 0.15) is 0 Å². The molecule has 1 nitrogen and oxygen atoms in total. The molecule has 0 aromatic heterocycles. The van der Waals surface area contributed by atoms with E-state index in [9.17, 15) is 0 Å². The molecule has 1 atom stereocenters. The molecule has 1 heterocycles. The van der Waals surface area contributed by atoms with Gasteiger partial charge in [0.15, 0.2) is 0 Å². The lowest BCUT2D eigenvalue weighted by Gasteiger charge is -2.39. The van der Waals surface area contributed by atoms with Gasteiger partial charge in [0.25, 0.3) is 0 Å². The van der Waals surface area contributed by atoms with Crippen LogP contribution in [0.5, 0.6) is 0 Å². The van der Waals surface area contributed by atoms with Gasteiger partial charge in [-0.05, 0) is 42.9 Å². The molecule has 17 heavy (non-hydrogen) atoms. The van der Waals surface area contributed by atoms with Gasteiger partial charge in [0.05, 0.1) is 0 Å². The van der Waals surface area contributed by atoms with Gasteiger partial charge >= 0.3 is 0 Å². The van der Waals surface area contributed by atoms with Crippen molar-refractivity contribution >= 4 is 11.8 Å². The quantitative estimate of drug-likeness (QED) is 0.878. The summed E-state index contributed by atoms with van der Waals surface area (Å²) >= 11 is 2.11. The minimum atomic E-state index is 0.781. The Morgan fingerprint density at radius 1 is 1.06 bits per heavy atom. The van der Waals surface area contributed by atoms with Crippen LogP contribution in [0, 0.1) is 0 Å². The van der Waals surface area contributed by atoms with Crippen molar-refractivity contribution in [1.82, 2.24) is 5.32 Å². The molecule has 1 aliphatic carbocycles. The Bertz CT molecular complexity index is 339. The van der Waals surface area contributed by atoms with E-state index in [1.807, 2.05) is 0 Å². The van der Waals surface area contributed by atoms with Crippen LogP contribution in [0.25, 0.3) is 0 Å². The maximum atomic E-state index is 3.83. The molecule has 2 heteroatoms. The number of thioether (sulfide) groups is 1. The fourth-order valence-corrected chi connectivity index (χ4v) is 4.04. The van der Waals surface area contributed by atoms with Crippen molar-refractivity contribution in [3.63, 3.8) is 0 Å². The summed E-state index contributed by atoms with van der Waals surface area (Å²) in [6.07, 6.45) is 5.47. The molecule has 0 bridgehead atoms. The summed E-state index contributed by atoms with van der Waals surface area (Å²) in [6.45, 7) is 0. The lowest BCUT2D eigenvalue weighted by Crippen LogP contribution is -2.47. The van der Waals surface area contributed by atoms with Crippen LogP contribution in [0.4, 0.5) is 0 Å². The molecule has 1 aliphatic heterocycles. The Kier molecular flexibility index (Phi) is 3.72. The maximum Gasteiger partial charge on any atom is 0.0161 e. The van der Waals surface area contributed by atoms with Gasteiger partial charge in [-0.3, -0.25) is 0 Å². The largest absolute Gasteiger partial charge is 0.310 e. The zero-order valence-electron chi connectivity index (χ0n) is 10.3. The average Bonchev–Trinajstić information content (AvgIpc) is 2.36. The molecule has 3 rings (SSSR count). The molecule has 92 valence electrons. The number of rotatable bonds is 3. The highest BCUT2D eigenvalue weighted by atomic mass is 32.2. The molecule has 1 saturated carbocycles. The van der Waals surface area contributed by atoms with E-state index in [-0.39, 0.29) is 0 Å². The van der Waals surface area contributed by atoms with E-state index in [1.54, 1.807) is 0 Å². The summed E-state index contributed by atoms with van der Waals surface area (Å²) in [7, 11) is 0. The topological polar surface area (TPSA) is 12.0 Å². The molecule has 1 aromatic carbocycles. The van der Waals surface area contributed by atoms with Crippen molar-refractivity contribution in [3.05, 3.63) is 35.9 Å². The fraction of sp³-hybridized carbons (Fsp3) is 0.600. The SMILES string of the molecule is c1ccc(C2CC(NC3CCCSC3)C2)cc1. The number of benzene rings is 1. The van der Waals surface area contributed by atoms with Crippen molar-refractivity contribution in [2.24, 2.45) is 0 Å². The second-order valence-corrected chi connectivity index (χ2v) is 6.51. The normalized spacial score (nSPS) is 33.1. The molecule has 2 aliphatic rings. The highest BCUT2D eigenvalue weighted by molar-refractivity contribution is 7.99. The second-order valence-electron chi connectivity index (χ2n) is 5.36. The van der Waals surface area contributed by atoms with Crippen LogP contribution >= 0.6 is 11.8 Å². The minimum Gasteiger partial charge on any atom is -0.310 e. The third-order valence-corrected chi connectivity index (χ3v) is 5.26. The fourth-order valence-electron chi connectivity index (χ4n) is 2.96. The Morgan fingerprint density at radius 2 is 1.88 bits per heavy atom. The van der Waals surface area contributed by atoms with E-state index < -0.39 is 0 Å². The number of nitrogens with one attached hydrogen (secondary N) is 1. The molecule has 2 fully saturated rings. The lowest BCUT2D eigenvalue weighted by molar-refractivity contribution is 0.265.